The van der Waals surface area contributed by atoms with E-state index in [1.165, 1.54) is 108 Å². The minimum absolute atomic E-state index is 1.38. The molecule has 8 heteroatoms. The zero-order chi connectivity index (χ0) is 16.9. The van der Waals surface area contributed by atoms with E-state index in [1.807, 2.05) is 0 Å². The summed E-state index contributed by atoms with van der Waals surface area (Å²) in [5.74, 6) is 0. The molecule has 0 radical (unpaired) electrons. The summed E-state index contributed by atoms with van der Waals surface area (Å²) in [5.41, 5.74) is 0. The monoisotopic (exact) mass is 474 g/mol. The van der Waals surface area contributed by atoms with Crippen LogP contribution in [-0.2, 0) is 66.7 Å². The Morgan fingerprint density at radius 3 is 0.850 bits per heavy atom. The molecule has 0 fully saturated rings. The van der Waals surface area contributed by atoms with Crippen LogP contribution in [0.4, 0.5) is 0 Å². The molecule has 0 unspecified atom stereocenters. The Balaban J connectivity index is -0.0000000853. The van der Waals surface area contributed by atoms with Gasteiger partial charge in [-0.1, -0.05) is 0 Å². The summed E-state index contributed by atoms with van der Waals surface area (Å²) in [6.07, 6.45) is 8.46. The Morgan fingerprint density at radius 1 is 0.700 bits per heavy atom. The van der Waals surface area contributed by atoms with Crippen LogP contribution in [0, 0.1) is 0 Å². The first-order chi connectivity index (χ1) is 9.24. The molecule has 0 aromatic rings. The first-order valence-electron chi connectivity index (χ1n) is 7.35. The molecule has 0 rings (SSSR count). The Morgan fingerprint density at radius 2 is 0.850 bits per heavy atom. The topological polar surface area (TPSA) is 69.2 Å². The smallest absolute Gasteiger partial charge is 0.151 e. The van der Waals surface area contributed by atoms with E-state index in [2.05, 4.69) is 32.6 Å². The molecule has 110 valence electrons. The van der Waals surface area contributed by atoms with Crippen LogP contribution >= 0.6 is 6.72 Å². The Hall–Kier alpha value is 2.40. The van der Waals surface area contributed by atoms with Crippen molar-refractivity contribution in [3.8, 4) is 0 Å². The number of hydrogen-bond acceptors (Lipinski definition) is 4. The van der Waals surface area contributed by atoms with Crippen molar-refractivity contribution >= 4 is 18.5 Å². The van der Waals surface area contributed by atoms with E-state index in [9.17, 15) is 0 Å². The van der Waals surface area contributed by atoms with Gasteiger partial charge in [-0.3, -0.25) is 0 Å². The number of unbranched alkanes of at least 4 members (excludes halogenated alkanes) is 3. The summed E-state index contributed by atoms with van der Waals surface area (Å²) >= 11 is 7.71. The van der Waals surface area contributed by atoms with Gasteiger partial charge in [0, 0.05) is 0 Å². The van der Waals surface area contributed by atoms with E-state index in [1.54, 1.807) is 0 Å². The second-order valence-corrected chi connectivity index (χ2v) is 10.8. The van der Waals surface area contributed by atoms with Crippen molar-refractivity contribution < 1.29 is 69.6 Å². The molecule has 0 atom stereocenters. The zero-order valence-electron chi connectivity index (χ0n) is 13.6. The van der Waals surface area contributed by atoms with E-state index in [0.717, 1.165) is 0 Å². The standard InChI is InChI=1S/3C4H9.H3O3PS.3Zn/c3*1-3-4-2;1-4(2,3)5;;;/h3*1,3-4H2,2H3;(H3,1,2,3,5);;;/q;;;;3*+1/p-3. The summed E-state index contributed by atoms with van der Waals surface area (Å²) in [6, 6.07) is 0. The van der Waals surface area contributed by atoms with Crippen molar-refractivity contribution in [1.82, 2.24) is 0 Å². The van der Waals surface area contributed by atoms with Crippen LogP contribution in [0.15, 0.2) is 0 Å². The molecule has 20 heavy (non-hydrogen) atoms. The summed E-state index contributed by atoms with van der Waals surface area (Å²) in [7, 11) is 0. The molecule has 0 amide bonds. The van der Waals surface area contributed by atoms with Gasteiger partial charge >= 0.3 is 129 Å². The fraction of sp³-hybridized carbons (Fsp3) is 1.00. The zero-order valence-corrected chi connectivity index (χ0v) is 24.2. The first kappa shape index (κ1) is 30.3. The molecule has 0 N–H and O–H groups in total. The van der Waals surface area contributed by atoms with Crippen LogP contribution in [0.2, 0.25) is 15.0 Å². The normalized spacial score (nSPS) is 9.40. The molecule has 0 spiro atoms. The minimum atomic E-state index is -4.56. The molecule has 0 bridgehead atoms. The third kappa shape index (κ3) is 109. The van der Waals surface area contributed by atoms with Gasteiger partial charge in [0.25, 0.3) is 0 Å². The predicted octanol–water partition coefficient (Wildman–Crippen LogP) is 2.55. The van der Waals surface area contributed by atoms with E-state index in [4.69, 9.17) is 14.7 Å². The fourth-order valence-corrected chi connectivity index (χ4v) is 3.90. The van der Waals surface area contributed by atoms with Gasteiger partial charge in [-0.05, 0) is 0 Å². The maximum Gasteiger partial charge on any atom is -0.151 e. The molecular weight excluding hydrogens is 451 g/mol. The van der Waals surface area contributed by atoms with E-state index in [-0.39, 0.29) is 0 Å². The van der Waals surface area contributed by atoms with Crippen molar-refractivity contribution in [3.05, 3.63) is 0 Å². The van der Waals surface area contributed by atoms with Crippen molar-refractivity contribution in [2.45, 2.75) is 74.3 Å². The third-order valence-electron chi connectivity index (χ3n) is 1.81. The Labute approximate surface area is 161 Å². The second-order valence-electron chi connectivity index (χ2n) is 4.07. The summed E-state index contributed by atoms with van der Waals surface area (Å²) in [6.45, 7) is 2.14. The van der Waals surface area contributed by atoms with Crippen molar-refractivity contribution in [3.63, 3.8) is 0 Å². The van der Waals surface area contributed by atoms with Crippen LogP contribution in [0.5, 0.6) is 0 Å². The first-order valence-corrected chi connectivity index (χ1v) is 16.2. The Bertz CT molecular complexity index is 155. The van der Waals surface area contributed by atoms with Crippen molar-refractivity contribution in [2.24, 2.45) is 0 Å². The van der Waals surface area contributed by atoms with Gasteiger partial charge in [-0.25, -0.2) is 0 Å². The third-order valence-corrected chi connectivity index (χ3v) is 4.96. The molecule has 0 aliphatic rings. The van der Waals surface area contributed by atoms with Gasteiger partial charge in [0.1, 0.15) is 0 Å². The van der Waals surface area contributed by atoms with E-state index < -0.39 is 6.72 Å². The van der Waals surface area contributed by atoms with Crippen LogP contribution in [0.25, 0.3) is 0 Å². The molecular formula is C12H27O3PSZn3. The van der Waals surface area contributed by atoms with Gasteiger partial charge < -0.3 is 21.4 Å². The summed E-state index contributed by atoms with van der Waals surface area (Å²) < 4.78 is 0. The molecule has 0 saturated carbocycles. The molecule has 3 nitrogen and oxygen atoms in total. The average molecular weight is 479 g/mol. The predicted molar refractivity (Wildman–Crippen MR) is 73.4 cm³/mol. The second kappa shape index (κ2) is 29.4. The van der Waals surface area contributed by atoms with E-state index >= 15 is 0 Å². The molecule has 0 saturated heterocycles. The molecule has 0 heterocycles. The minimum Gasteiger partial charge on any atom is -0.844 e. The fourth-order valence-electron chi connectivity index (χ4n) is 0.750. The van der Waals surface area contributed by atoms with Gasteiger partial charge in [-0.2, -0.15) is 11.8 Å². The van der Waals surface area contributed by atoms with Crippen LogP contribution in [0.3, 0.4) is 0 Å². The SMILES string of the molecule is CCC[CH2][Zn+].CCC[CH2][Zn+].CCC[CH2][Zn+].[O-]P([O-])([O-])=S. The largest absolute Gasteiger partial charge is 0.844 e. The van der Waals surface area contributed by atoms with Crippen LogP contribution in [-0.4, -0.2) is 0 Å². The van der Waals surface area contributed by atoms with Crippen molar-refractivity contribution in [2.75, 3.05) is 0 Å². The van der Waals surface area contributed by atoms with E-state index in [0.29, 0.717) is 0 Å². The molecule has 0 aliphatic heterocycles. The maximum atomic E-state index is 8.92. The van der Waals surface area contributed by atoms with Crippen LogP contribution < -0.4 is 14.7 Å². The van der Waals surface area contributed by atoms with Crippen LogP contribution in [0.1, 0.15) is 59.3 Å². The number of hydrogen-bond donors (Lipinski definition) is 0. The quantitative estimate of drug-likeness (QED) is 0.435. The summed E-state index contributed by atoms with van der Waals surface area (Å²) in [4.78, 5) is 26.8. The number of rotatable bonds is 6. The van der Waals surface area contributed by atoms with Gasteiger partial charge in [0.05, 0.1) is 0 Å². The maximum absolute atomic E-state index is 8.92. The molecule has 0 aromatic heterocycles. The van der Waals surface area contributed by atoms with Gasteiger partial charge in [0.2, 0.25) is 0 Å². The molecule has 0 aromatic carbocycles. The summed E-state index contributed by atoms with van der Waals surface area (Å²) in [5, 5.41) is 4.41. The van der Waals surface area contributed by atoms with Gasteiger partial charge in [0.15, 0.2) is 0 Å². The molecule has 0 aliphatic carbocycles. The average Bonchev–Trinajstić information content (AvgIpc) is 2.31. The van der Waals surface area contributed by atoms with Gasteiger partial charge in [-0.15, -0.1) is 0 Å². The van der Waals surface area contributed by atoms with Crippen molar-refractivity contribution in [1.29, 1.82) is 0 Å². The Kier molecular flexibility index (Phi) is 44.6.